The van der Waals surface area contributed by atoms with Gasteiger partial charge in [-0.1, -0.05) is 12.8 Å². The minimum absolute atomic E-state index is 0.236. The summed E-state index contributed by atoms with van der Waals surface area (Å²) >= 11 is 0. The van der Waals surface area contributed by atoms with Crippen LogP contribution in [0.3, 0.4) is 0 Å². The molecule has 1 heterocycles. The van der Waals surface area contributed by atoms with Crippen LogP contribution in [-0.4, -0.2) is 63.5 Å². The van der Waals surface area contributed by atoms with E-state index in [0.29, 0.717) is 12.1 Å². The number of ether oxygens (including phenoxy) is 2. The van der Waals surface area contributed by atoms with Crippen molar-refractivity contribution < 1.29 is 9.47 Å². The summed E-state index contributed by atoms with van der Waals surface area (Å²) in [6.45, 7) is 2.02. The molecule has 0 spiro atoms. The SMILES string of the molecule is CNC1CCCCC1N1CC(OC)C(OC)C1. The van der Waals surface area contributed by atoms with Crippen molar-refractivity contribution in [2.75, 3.05) is 34.4 Å². The Morgan fingerprint density at radius 1 is 1.00 bits per heavy atom. The normalized spacial score (nSPS) is 39.7. The van der Waals surface area contributed by atoms with Gasteiger partial charge in [0, 0.05) is 39.4 Å². The van der Waals surface area contributed by atoms with Crippen LogP contribution in [0.1, 0.15) is 25.7 Å². The van der Waals surface area contributed by atoms with Gasteiger partial charge in [0.15, 0.2) is 0 Å². The first kappa shape index (κ1) is 13.3. The highest BCUT2D eigenvalue weighted by Gasteiger charge is 2.39. The summed E-state index contributed by atoms with van der Waals surface area (Å²) in [4.78, 5) is 2.56. The van der Waals surface area contributed by atoms with Crippen LogP contribution < -0.4 is 5.32 Å². The van der Waals surface area contributed by atoms with Crippen molar-refractivity contribution >= 4 is 0 Å². The molecule has 1 aliphatic carbocycles. The van der Waals surface area contributed by atoms with E-state index < -0.39 is 0 Å². The molecule has 0 bridgehead atoms. The summed E-state index contributed by atoms with van der Waals surface area (Å²) in [5.74, 6) is 0. The van der Waals surface area contributed by atoms with Crippen molar-refractivity contribution in [2.24, 2.45) is 0 Å². The van der Waals surface area contributed by atoms with Gasteiger partial charge in [-0.2, -0.15) is 0 Å². The number of nitrogens with one attached hydrogen (secondary N) is 1. The van der Waals surface area contributed by atoms with E-state index in [2.05, 4.69) is 17.3 Å². The Hall–Kier alpha value is -0.160. The van der Waals surface area contributed by atoms with Gasteiger partial charge in [-0.3, -0.25) is 4.90 Å². The average molecular weight is 242 g/mol. The number of hydrogen-bond acceptors (Lipinski definition) is 4. The van der Waals surface area contributed by atoms with Crippen LogP contribution in [0.15, 0.2) is 0 Å². The van der Waals surface area contributed by atoms with Crippen LogP contribution in [0, 0.1) is 0 Å². The predicted octanol–water partition coefficient (Wildman–Crippen LogP) is 0.863. The molecule has 1 saturated heterocycles. The standard InChI is InChI=1S/C13H26N2O2/c1-14-10-6-4-5-7-11(10)15-8-12(16-2)13(9-15)17-3/h10-14H,4-9H2,1-3H3. The third kappa shape index (κ3) is 2.81. The Labute approximate surface area is 105 Å². The van der Waals surface area contributed by atoms with E-state index in [-0.39, 0.29) is 12.2 Å². The molecule has 2 fully saturated rings. The summed E-state index contributed by atoms with van der Waals surface area (Å²) in [6.07, 6.45) is 5.79. The first-order chi connectivity index (χ1) is 8.30. The molecule has 17 heavy (non-hydrogen) atoms. The summed E-state index contributed by atoms with van der Waals surface area (Å²) < 4.78 is 11.0. The maximum absolute atomic E-state index is 5.52. The van der Waals surface area contributed by atoms with Gasteiger partial charge in [0.05, 0.1) is 12.2 Å². The molecule has 100 valence electrons. The van der Waals surface area contributed by atoms with Crippen LogP contribution in [-0.2, 0) is 9.47 Å². The highest BCUT2D eigenvalue weighted by atomic mass is 16.5. The summed E-state index contributed by atoms with van der Waals surface area (Å²) in [5.41, 5.74) is 0. The predicted molar refractivity (Wildman–Crippen MR) is 68.3 cm³/mol. The monoisotopic (exact) mass is 242 g/mol. The molecular weight excluding hydrogens is 216 g/mol. The van der Waals surface area contributed by atoms with Crippen LogP contribution in [0.2, 0.25) is 0 Å². The summed E-state index contributed by atoms with van der Waals surface area (Å²) in [7, 11) is 5.66. The second-order valence-electron chi connectivity index (χ2n) is 5.25. The van der Waals surface area contributed by atoms with E-state index >= 15 is 0 Å². The molecular formula is C13H26N2O2. The molecule has 0 aromatic carbocycles. The quantitative estimate of drug-likeness (QED) is 0.793. The third-order valence-electron chi connectivity index (χ3n) is 4.42. The lowest BCUT2D eigenvalue weighted by molar-refractivity contribution is -0.00461. The summed E-state index contributed by atoms with van der Waals surface area (Å²) in [5, 5.41) is 3.47. The van der Waals surface area contributed by atoms with Gasteiger partial charge in [-0.05, 0) is 19.9 Å². The minimum Gasteiger partial charge on any atom is -0.377 e. The molecule has 2 rings (SSSR count). The van der Waals surface area contributed by atoms with Gasteiger partial charge in [0.1, 0.15) is 0 Å². The van der Waals surface area contributed by atoms with Gasteiger partial charge < -0.3 is 14.8 Å². The molecule has 4 nitrogen and oxygen atoms in total. The van der Waals surface area contributed by atoms with Gasteiger partial charge in [0.2, 0.25) is 0 Å². The van der Waals surface area contributed by atoms with Crippen molar-refractivity contribution in [1.82, 2.24) is 10.2 Å². The average Bonchev–Trinajstić information content (AvgIpc) is 2.81. The van der Waals surface area contributed by atoms with Crippen molar-refractivity contribution in [2.45, 2.75) is 50.0 Å². The van der Waals surface area contributed by atoms with Crippen LogP contribution in [0.25, 0.3) is 0 Å². The van der Waals surface area contributed by atoms with Gasteiger partial charge >= 0.3 is 0 Å². The van der Waals surface area contributed by atoms with Crippen LogP contribution in [0.4, 0.5) is 0 Å². The van der Waals surface area contributed by atoms with E-state index in [1.807, 2.05) is 0 Å². The van der Waals surface area contributed by atoms with E-state index in [4.69, 9.17) is 9.47 Å². The Kier molecular flexibility index (Phi) is 4.79. The molecule has 1 aliphatic heterocycles. The Morgan fingerprint density at radius 2 is 1.59 bits per heavy atom. The Morgan fingerprint density at radius 3 is 2.12 bits per heavy atom. The number of likely N-dealkylation sites (tertiary alicyclic amines) is 1. The van der Waals surface area contributed by atoms with Crippen LogP contribution >= 0.6 is 0 Å². The molecule has 2 aliphatic rings. The second kappa shape index (κ2) is 6.14. The molecule has 4 heteroatoms. The number of hydrogen-bond donors (Lipinski definition) is 1. The zero-order chi connectivity index (χ0) is 12.3. The zero-order valence-electron chi connectivity index (χ0n) is 11.3. The number of nitrogens with zero attached hydrogens (tertiary/aromatic N) is 1. The number of methoxy groups -OCH3 is 2. The summed E-state index contributed by atoms with van der Waals surface area (Å²) in [6, 6.07) is 1.29. The van der Waals surface area contributed by atoms with E-state index in [9.17, 15) is 0 Å². The van der Waals surface area contributed by atoms with Gasteiger partial charge in [-0.25, -0.2) is 0 Å². The maximum atomic E-state index is 5.52. The van der Waals surface area contributed by atoms with Crippen molar-refractivity contribution in [3.63, 3.8) is 0 Å². The van der Waals surface area contributed by atoms with Gasteiger partial charge in [0.25, 0.3) is 0 Å². The first-order valence-corrected chi connectivity index (χ1v) is 6.77. The molecule has 0 aromatic heterocycles. The van der Waals surface area contributed by atoms with Crippen molar-refractivity contribution in [3.8, 4) is 0 Å². The molecule has 4 unspecified atom stereocenters. The zero-order valence-corrected chi connectivity index (χ0v) is 11.3. The van der Waals surface area contributed by atoms with Gasteiger partial charge in [-0.15, -0.1) is 0 Å². The van der Waals surface area contributed by atoms with E-state index in [1.165, 1.54) is 25.7 Å². The number of likely N-dealkylation sites (N-methyl/N-ethyl adjacent to an activating group) is 1. The highest BCUT2D eigenvalue weighted by Crippen LogP contribution is 2.27. The molecule has 4 atom stereocenters. The van der Waals surface area contributed by atoms with Crippen LogP contribution in [0.5, 0.6) is 0 Å². The van der Waals surface area contributed by atoms with Crippen molar-refractivity contribution in [3.05, 3.63) is 0 Å². The Balaban J connectivity index is 1.97. The fourth-order valence-electron chi connectivity index (χ4n) is 3.38. The minimum atomic E-state index is 0.236. The molecule has 0 amide bonds. The molecule has 0 radical (unpaired) electrons. The maximum Gasteiger partial charge on any atom is 0.0971 e. The highest BCUT2D eigenvalue weighted by molar-refractivity contribution is 4.95. The van der Waals surface area contributed by atoms with E-state index in [1.54, 1.807) is 14.2 Å². The second-order valence-corrected chi connectivity index (χ2v) is 5.25. The fraction of sp³-hybridized carbons (Fsp3) is 1.00. The smallest absolute Gasteiger partial charge is 0.0971 e. The lowest BCUT2D eigenvalue weighted by Crippen LogP contribution is -2.50. The number of rotatable bonds is 4. The molecule has 1 saturated carbocycles. The van der Waals surface area contributed by atoms with E-state index in [0.717, 1.165) is 13.1 Å². The van der Waals surface area contributed by atoms with Crippen molar-refractivity contribution in [1.29, 1.82) is 0 Å². The Bertz CT molecular complexity index is 225. The third-order valence-corrected chi connectivity index (χ3v) is 4.42. The fourth-order valence-corrected chi connectivity index (χ4v) is 3.38. The lowest BCUT2D eigenvalue weighted by atomic mass is 9.89. The molecule has 0 aromatic rings. The largest absolute Gasteiger partial charge is 0.377 e. The lowest BCUT2D eigenvalue weighted by Gasteiger charge is -2.37. The first-order valence-electron chi connectivity index (χ1n) is 6.77. The topological polar surface area (TPSA) is 33.7 Å². The molecule has 1 N–H and O–H groups in total.